The third-order valence-electron chi connectivity index (χ3n) is 3.58. The van der Waals surface area contributed by atoms with Crippen LogP contribution in [0.1, 0.15) is 16.1 Å². The van der Waals surface area contributed by atoms with Gasteiger partial charge in [0, 0.05) is 16.8 Å². The molecule has 1 amide bonds. The van der Waals surface area contributed by atoms with Crippen molar-refractivity contribution in [2.45, 2.75) is 6.92 Å². The molecule has 1 aromatic heterocycles. The number of rotatable bonds is 3. The molecule has 120 valence electrons. The second-order valence-corrected chi connectivity index (χ2v) is 5.37. The lowest BCUT2D eigenvalue weighted by Crippen LogP contribution is -2.13. The van der Waals surface area contributed by atoms with Gasteiger partial charge in [0.05, 0.1) is 0 Å². The smallest absolute Gasteiger partial charge is 0.256 e. The largest absolute Gasteiger partial charge is 0.504 e. The summed E-state index contributed by atoms with van der Waals surface area (Å²) in [6.07, 6.45) is 0. The van der Waals surface area contributed by atoms with Crippen LogP contribution in [-0.4, -0.2) is 21.1 Å². The molecule has 0 aliphatic carbocycles. The highest BCUT2D eigenvalue weighted by Crippen LogP contribution is 2.36. The summed E-state index contributed by atoms with van der Waals surface area (Å²) in [4.78, 5) is 16.6. The average Bonchev–Trinajstić information content (AvgIpc) is 2.57. The Kier molecular flexibility index (Phi) is 4.16. The summed E-state index contributed by atoms with van der Waals surface area (Å²) in [6.45, 7) is 1.85. The number of aryl methyl sites for hydroxylation is 1. The van der Waals surface area contributed by atoms with Gasteiger partial charge in [-0.1, -0.05) is 30.3 Å². The Hall–Kier alpha value is -3.34. The Morgan fingerprint density at radius 3 is 2.54 bits per heavy atom. The summed E-state index contributed by atoms with van der Waals surface area (Å²) in [6, 6.07) is 16.9. The van der Waals surface area contributed by atoms with E-state index in [1.165, 1.54) is 6.07 Å². The number of hydrogen-bond donors (Lipinski definition) is 3. The van der Waals surface area contributed by atoms with Crippen molar-refractivity contribution in [3.05, 3.63) is 71.9 Å². The molecule has 0 unspecified atom stereocenters. The van der Waals surface area contributed by atoms with Crippen LogP contribution in [-0.2, 0) is 0 Å². The van der Waals surface area contributed by atoms with Gasteiger partial charge in [0.15, 0.2) is 11.5 Å². The van der Waals surface area contributed by atoms with Gasteiger partial charge in [-0.15, -0.1) is 0 Å². The molecular weight excluding hydrogens is 304 g/mol. The number of nitrogens with one attached hydrogen (secondary N) is 1. The van der Waals surface area contributed by atoms with Crippen LogP contribution in [0.4, 0.5) is 5.82 Å². The van der Waals surface area contributed by atoms with Crippen molar-refractivity contribution >= 4 is 11.7 Å². The fourth-order valence-corrected chi connectivity index (χ4v) is 2.39. The predicted molar refractivity (Wildman–Crippen MR) is 92.1 cm³/mol. The van der Waals surface area contributed by atoms with Crippen LogP contribution in [0.25, 0.3) is 11.1 Å². The van der Waals surface area contributed by atoms with E-state index in [0.717, 1.165) is 5.69 Å². The minimum Gasteiger partial charge on any atom is -0.504 e. The molecule has 3 rings (SSSR count). The topological polar surface area (TPSA) is 82.5 Å². The highest BCUT2D eigenvalue weighted by Gasteiger charge is 2.12. The number of carbonyl (C=O) groups excluding carboxylic acids is 1. The van der Waals surface area contributed by atoms with Gasteiger partial charge in [-0.25, -0.2) is 4.98 Å². The first-order valence-corrected chi connectivity index (χ1v) is 7.41. The fourth-order valence-electron chi connectivity index (χ4n) is 2.39. The van der Waals surface area contributed by atoms with E-state index >= 15 is 0 Å². The zero-order valence-electron chi connectivity index (χ0n) is 13.0. The van der Waals surface area contributed by atoms with Crippen LogP contribution in [0.3, 0.4) is 0 Å². The standard InChI is InChI=1S/C19H16N2O3/c1-12-5-2-10-17(20-12)21-19(24)14-7-3-6-13(11-14)15-8-4-9-16(22)18(15)23/h2-11,22-23H,1H3,(H,20,21,24). The minimum atomic E-state index is -0.297. The molecule has 3 N–H and O–H groups in total. The number of carbonyl (C=O) groups is 1. The van der Waals surface area contributed by atoms with E-state index in [0.29, 0.717) is 22.5 Å². The van der Waals surface area contributed by atoms with E-state index in [4.69, 9.17) is 0 Å². The number of phenolic OH excluding ortho intramolecular Hbond substituents is 2. The molecule has 0 fully saturated rings. The van der Waals surface area contributed by atoms with Gasteiger partial charge < -0.3 is 15.5 Å². The first-order chi connectivity index (χ1) is 11.5. The number of nitrogens with zero attached hydrogens (tertiary/aromatic N) is 1. The highest BCUT2D eigenvalue weighted by atomic mass is 16.3. The summed E-state index contributed by atoms with van der Waals surface area (Å²) < 4.78 is 0. The second kappa shape index (κ2) is 6.42. The Morgan fingerprint density at radius 2 is 1.75 bits per heavy atom. The molecule has 24 heavy (non-hydrogen) atoms. The van der Waals surface area contributed by atoms with Crippen molar-refractivity contribution in [1.29, 1.82) is 0 Å². The molecule has 3 aromatic rings. The summed E-state index contributed by atoms with van der Waals surface area (Å²) >= 11 is 0. The summed E-state index contributed by atoms with van der Waals surface area (Å²) in [5.74, 6) is -0.234. The van der Waals surface area contributed by atoms with Gasteiger partial charge in [-0.2, -0.15) is 0 Å². The van der Waals surface area contributed by atoms with Gasteiger partial charge >= 0.3 is 0 Å². The van der Waals surface area contributed by atoms with E-state index < -0.39 is 0 Å². The normalized spacial score (nSPS) is 10.4. The number of aromatic nitrogens is 1. The van der Waals surface area contributed by atoms with Crippen molar-refractivity contribution in [2.75, 3.05) is 5.32 Å². The molecule has 5 nitrogen and oxygen atoms in total. The lowest BCUT2D eigenvalue weighted by molar-refractivity contribution is 0.102. The molecule has 0 radical (unpaired) electrons. The number of phenols is 2. The molecule has 5 heteroatoms. The van der Waals surface area contributed by atoms with E-state index in [1.54, 1.807) is 42.5 Å². The lowest BCUT2D eigenvalue weighted by Gasteiger charge is -2.09. The molecule has 0 aliphatic rings. The first-order valence-electron chi connectivity index (χ1n) is 7.41. The van der Waals surface area contributed by atoms with Crippen molar-refractivity contribution in [1.82, 2.24) is 4.98 Å². The molecule has 0 saturated carbocycles. The number of benzene rings is 2. The van der Waals surface area contributed by atoms with Gasteiger partial charge in [-0.05, 0) is 42.8 Å². The molecule has 0 saturated heterocycles. The maximum atomic E-state index is 12.4. The van der Waals surface area contributed by atoms with Gasteiger partial charge in [-0.3, -0.25) is 4.79 Å². The number of anilines is 1. The molecule has 0 aliphatic heterocycles. The molecule has 0 spiro atoms. The van der Waals surface area contributed by atoms with Crippen LogP contribution in [0, 0.1) is 6.92 Å². The maximum absolute atomic E-state index is 12.4. The highest BCUT2D eigenvalue weighted by molar-refractivity contribution is 6.04. The third kappa shape index (κ3) is 3.20. The molecule has 0 atom stereocenters. The molecular formula is C19H16N2O3. The summed E-state index contributed by atoms with van der Waals surface area (Å²) in [7, 11) is 0. The minimum absolute atomic E-state index is 0.202. The zero-order chi connectivity index (χ0) is 17.1. The molecule has 2 aromatic carbocycles. The van der Waals surface area contributed by atoms with Crippen LogP contribution in [0.2, 0.25) is 0 Å². The van der Waals surface area contributed by atoms with E-state index in [-0.39, 0.29) is 17.4 Å². The monoisotopic (exact) mass is 320 g/mol. The Labute approximate surface area is 139 Å². The average molecular weight is 320 g/mol. The number of pyridine rings is 1. The van der Waals surface area contributed by atoms with E-state index in [2.05, 4.69) is 10.3 Å². The van der Waals surface area contributed by atoms with Gasteiger partial charge in [0.2, 0.25) is 0 Å². The van der Waals surface area contributed by atoms with Crippen molar-refractivity contribution < 1.29 is 15.0 Å². The summed E-state index contributed by atoms with van der Waals surface area (Å²) in [5, 5.41) is 22.4. The maximum Gasteiger partial charge on any atom is 0.256 e. The van der Waals surface area contributed by atoms with E-state index in [9.17, 15) is 15.0 Å². The van der Waals surface area contributed by atoms with Gasteiger partial charge in [0.1, 0.15) is 5.82 Å². The first kappa shape index (κ1) is 15.6. The van der Waals surface area contributed by atoms with Crippen LogP contribution in [0.5, 0.6) is 11.5 Å². The SMILES string of the molecule is Cc1cccc(NC(=O)c2cccc(-c3cccc(O)c3O)c2)n1. The second-order valence-electron chi connectivity index (χ2n) is 5.37. The summed E-state index contributed by atoms with van der Waals surface area (Å²) in [5.41, 5.74) is 2.33. The molecule has 0 bridgehead atoms. The van der Waals surface area contributed by atoms with Crippen molar-refractivity contribution in [3.63, 3.8) is 0 Å². The lowest BCUT2D eigenvalue weighted by atomic mass is 10.0. The number of aromatic hydroxyl groups is 2. The number of amides is 1. The quantitative estimate of drug-likeness (QED) is 0.642. The van der Waals surface area contributed by atoms with Gasteiger partial charge in [0.25, 0.3) is 5.91 Å². The van der Waals surface area contributed by atoms with Crippen molar-refractivity contribution in [2.24, 2.45) is 0 Å². The Balaban J connectivity index is 1.90. The fraction of sp³-hybridized carbons (Fsp3) is 0.0526. The predicted octanol–water partition coefficient (Wildman–Crippen LogP) is 3.72. The Morgan fingerprint density at radius 1 is 1.00 bits per heavy atom. The number of hydrogen-bond acceptors (Lipinski definition) is 4. The molecule has 1 heterocycles. The van der Waals surface area contributed by atoms with Crippen LogP contribution >= 0.6 is 0 Å². The number of para-hydroxylation sites is 1. The van der Waals surface area contributed by atoms with Crippen molar-refractivity contribution in [3.8, 4) is 22.6 Å². The van der Waals surface area contributed by atoms with E-state index in [1.807, 2.05) is 19.1 Å². The van der Waals surface area contributed by atoms with Crippen LogP contribution < -0.4 is 5.32 Å². The Bertz CT molecular complexity index is 907. The van der Waals surface area contributed by atoms with Crippen LogP contribution in [0.15, 0.2) is 60.7 Å². The zero-order valence-corrected chi connectivity index (χ0v) is 13.0. The third-order valence-corrected chi connectivity index (χ3v) is 3.58.